The highest BCUT2D eigenvalue weighted by Gasteiger charge is 2.22. The number of carboxylic acids is 2. The summed E-state index contributed by atoms with van der Waals surface area (Å²) in [5, 5.41) is 31.4. The van der Waals surface area contributed by atoms with Crippen LogP contribution in [-0.4, -0.2) is 54.1 Å². The van der Waals surface area contributed by atoms with Gasteiger partial charge in [0.15, 0.2) is 0 Å². The minimum absolute atomic E-state index is 0.0107. The number of fused-ring (bicyclic) bond motifs is 3. The van der Waals surface area contributed by atoms with Gasteiger partial charge in [-0.1, -0.05) is 74.4 Å². The fraction of sp³-hybridized carbons (Fsp3) is 0.111. The molecular formula is C36H36N6O6. The standard InChI is InChI=1S/C13H13N3O4.C13H14N2O2.C10H9N/c1-2-7-3-4-10(16(19)20)11-8(6-15-12(7)11)5-9(14)13(17)18;1-2-8-4-3-5-10-9(7-15-12(8)10)6-11(14)13(16)17;1-2-8-4-3-5-9-6-7-11-10(8)9/h2-4,6,9,15H,1,5,14H2,(H,17,18);2-5,7,11,15H,1,6,14H2,(H,16,17);2-7,11H,1H2/t9-;11-;/m00./s1. The zero-order valence-electron chi connectivity index (χ0n) is 26.0. The van der Waals surface area contributed by atoms with Gasteiger partial charge in [-0.25, -0.2) is 0 Å². The third-order valence-electron chi connectivity index (χ3n) is 7.75. The van der Waals surface area contributed by atoms with Crippen molar-refractivity contribution < 1.29 is 24.7 Å². The highest BCUT2D eigenvalue weighted by atomic mass is 16.6. The SMILES string of the molecule is C=Cc1ccc([N+](=O)[O-])c2c(C[C@H](N)C(=O)O)c[nH]c12.C=Cc1cccc2c(C[C@H](N)C(=O)O)c[nH]c12.C=Cc1cccc2cc[nH]c12. The Labute approximate surface area is 275 Å². The van der Waals surface area contributed by atoms with Crippen molar-refractivity contribution >= 4 is 68.6 Å². The summed E-state index contributed by atoms with van der Waals surface area (Å²) in [7, 11) is 0. The number of rotatable bonds is 10. The monoisotopic (exact) mass is 648 g/mol. The minimum atomic E-state index is -1.15. The van der Waals surface area contributed by atoms with E-state index in [0.717, 1.165) is 27.6 Å². The number of aromatic amines is 3. The summed E-state index contributed by atoms with van der Waals surface area (Å²) in [6.45, 7) is 11.1. The molecule has 0 unspecified atom stereocenters. The van der Waals surface area contributed by atoms with E-state index in [4.69, 9.17) is 21.7 Å². The predicted octanol–water partition coefficient (Wildman–Crippen LogP) is 6.25. The number of hydrogen-bond acceptors (Lipinski definition) is 6. The van der Waals surface area contributed by atoms with Crippen molar-refractivity contribution in [1.82, 2.24) is 15.0 Å². The van der Waals surface area contributed by atoms with Gasteiger partial charge >= 0.3 is 11.9 Å². The molecule has 0 radical (unpaired) electrons. The van der Waals surface area contributed by atoms with E-state index in [9.17, 15) is 19.7 Å². The molecule has 0 aliphatic rings. The van der Waals surface area contributed by atoms with Crippen LogP contribution in [0.25, 0.3) is 50.9 Å². The zero-order valence-corrected chi connectivity index (χ0v) is 26.0. The number of aliphatic carboxylic acids is 2. The quantitative estimate of drug-likeness (QED) is 0.0663. The normalized spacial score (nSPS) is 11.9. The maximum absolute atomic E-state index is 11.1. The van der Waals surface area contributed by atoms with Gasteiger partial charge in [-0.2, -0.15) is 0 Å². The van der Waals surface area contributed by atoms with Crippen LogP contribution < -0.4 is 11.5 Å². The second kappa shape index (κ2) is 15.4. The average Bonchev–Trinajstić information content (AvgIpc) is 3.84. The Bertz CT molecular complexity index is 2140. The molecule has 0 fully saturated rings. The molecule has 0 aliphatic heterocycles. The van der Waals surface area contributed by atoms with Crippen LogP contribution in [0, 0.1) is 10.1 Å². The number of non-ortho nitro benzene ring substituents is 1. The van der Waals surface area contributed by atoms with Crippen molar-refractivity contribution in [3.8, 4) is 0 Å². The third kappa shape index (κ3) is 7.58. The summed E-state index contributed by atoms with van der Waals surface area (Å²) < 4.78 is 0. The van der Waals surface area contributed by atoms with Gasteiger partial charge in [-0.05, 0) is 45.3 Å². The molecule has 2 atom stereocenters. The number of nitrogens with zero attached hydrogens (tertiary/aromatic N) is 1. The highest BCUT2D eigenvalue weighted by molar-refractivity contribution is 5.97. The lowest BCUT2D eigenvalue weighted by Gasteiger charge is -2.05. The smallest absolute Gasteiger partial charge is 0.320 e. The van der Waals surface area contributed by atoms with Crippen molar-refractivity contribution in [3.63, 3.8) is 0 Å². The second-order valence-electron chi connectivity index (χ2n) is 10.8. The number of nitro benzene ring substituents is 1. The van der Waals surface area contributed by atoms with E-state index in [-0.39, 0.29) is 12.1 Å². The molecule has 9 N–H and O–H groups in total. The number of H-pyrrole nitrogens is 3. The number of aromatic nitrogens is 3. The van der Waals surface area contributed by atoms with Gasteiger partial charge in [0.2, 0.25) is 0 Å². The molecular weight excluding hydrogens is 612 g/mol. The van der Waals surface area contributed by atoms with Crippen LogP contribution in [-0.2, 0) is 22.4 Å². The summed E-state index contributed by atoms with van der Waals surface area (Å²) in [4.78, 5) is 41.4. The van der Waals surface area contributed by atoms with Gasteiger partial charge in [0.05, 0.1) is 26.9 Å². The molecule has 3 aromatic heterocycles. The van der Waals surface area contributed by atoms with Crippen LogP contribution in [0.4, 0.5) is 5.69 Å². The molecule has 6 aromatic rings. The first-order valence-corrected chi connectivity index (χ1v) is 14.8. The average molecular weight is 649 g/mol. The van der Waals surface area contributed by atoms with E-state index in [1.54, 1.807) is 30.6 Å². The van der Waals surface area contributed by atoms with Gasteiger partial charge in [-0.15, -0.1) is 0 Å². The number of para-hydroxylation sites is 2. The van der Waals surface area contributed by atoms with Gasteiger partial charge < -0.3 is 36.6 Å². The molecule has 12 heteroatoms. The summed E-state index contributed by atoms with van der Waals surface area (Å²) >= 11 is 0. The molecule has 0 saturated carbocycles. The number of nitro groups is 1. The fourth-order valence-electron chi connectivity index (χ4n) is 5.31. The van der Waals surface area contributed by atoms with Crippen LogP contribution >= 0.6 is 0 Å². The van der Waals surface area contributed by atoms with Crippen molar-refractivity contribution in [2.45, 2.75) is 24.9 Å². The first kappa shape index (κ1) is 34.6. The topological polar surface area (TPSA) is 217 Å². The molecule has 0 saturated heterocycles. The largest absolute Gasteiger partial charge is 0.480 e. The maximum atomic E-state index is 11.1. The Morgan fingerprint density at radius 2 is 1.29 bits per heavy atom. The van der Waals surface area contributed by atoms with Crippen LogP contribution in [0.1, 0.15) is 27.8 Å². The Morgan fingerprint density at radius 1 is 0.750 bits per heavy atom. The van der Waals surface area contributed by atoms with Crippen LogP contribution in [0.5, 0.6) is 0 Å². The van der Waals surface area contributed by atoms with Crippen molar-refractivity contribution in [2.75, 3.05) is 0 Å². The van der Waals surface area contributed by atoms with Crippen molar-refractivity contribution in [3.05, 3.63) is 131 Å². The van der Waals surface area contributed by atoms with Gasteiger partial charge in [0, 0.05) is 42.9 Å². The lowest BCUT2D eigenvalue weighted by molar-refractivity contribution is -0.383. The van der Waals surface area contributed by atoms with E-state index in [2.05, 4.69) is 46.8 Å². The van der Waals surface area contributed by atoms with E-state index >= 15 is 0 Å². The second-order valence-corrected chi connectivity index (χ2v) is 10.8. The molecule has 12 nitrogen and oxygen atoms in total. The minimum Gasteiger partial charge on any atom is -0.480 e. The lowest BCUT2D eigenvalue weighted by atomic mass is 10.0. The van der Waals surface area contributed by atoms with E-state index in [0.29, 0.717) is 28.5 Å². The van der Waals surface area contributed by atoms with E-state index in [1.165, 1.54) is 17.0 Å². The van der Waals surface area contributed by atoms with Crippen molar-refractivity contribution in [2.24, 2.45) is 11.5 Å². The molecule has 0 aliphatic carbocycles. The molecule has 246 valence electrons. The molecule has 3 heterocycles. The maximum Gasteiger partial charge on any atom is 0.320 e. The first-order valence-electron chi connectivity index (χ1n) is 14.8. The lowest BCUT2D eigenvalue weighted by Crippen LogP contribution is -2.32. The number of nitrogens with one attached hydrogen (secondary N) is 3. The van der Waals surface area contributed by atoms with Gasteiger partial charge in [0.25, 0.3) is 5.69 Å². The molecule has 0 bridgehead atoms. The number of carboxylic acid groups (broad SMARTS) is 2. The van der Waals surface area contributed by atoms with E-state index < -0.39 is 28.9 Å². The fourth-order valence-corrected chi connectivity index (χ4v) is 5.31. The molecule has 0 spiro atoms. The third-order valence-corrected chi connectivity index (χ3v) is 7.75. The summed E-state index contributed by atoms with van der Waals surface area (Å²) in [5.41, 5.74) is 17.9. The highest BCUT2D eigenvalue weighted by Crippen LogP contribution is 2.32. The number of nitrogens with two attached hydrogens (primary N) is 2. The van der Waals surface area contributed by atoms with Crippen LogP contribution in [0.3, 0.4) is 0 Å². The predicted molar refractivity (Wildman–Crippen MR) is 190 cm³/mol. The number of hydrogen-bond donors (Lipinski definition) is 7. The first-order chi connectivity index (χ1) is 23.0. The molecule has 48 heavy (non-hydrogen) atoms. The number of carbonyl (C=O) groups is 2. The Balaban J connectivity index is 0.000000169. The zero-order chi connectivity index (χ0) is 35.0. The van der Waals surface area contributed by atoms with Crippen LogP contribution in [0.15, 0.2) is 92.9 Å². The van der Waals surface area contributed by atoms with Gasteiger partial charge in [-0.3, -0.25) is 19.7 Å². The molecule has 3 aromatic carbocycles. The van der Waals surface area contributed by atoms with Crippen LogP contribution in [0.2, 0.25) is 0 Å². The van der Waals surface area contributed by atoms with Gasteiger partial charge in [0.1, 0.15) is 12.1 Å². The molecule has 6 rings (SSSR count). The Hall–Kier alpha value is -6.24. The summed E-state index contributed by atoms with van der Waals surface area (Å²) in [6.07, 6.45) is 10.8. The van der Waals surface area contributed by atoms with Crippen molar-refractivity contribution in [1.29, 1.82) is 0 Å². The Morgan fingerprint density at radius 3 is 1.90 bits per heavy atom. The molecule has 0 amide bonds. The Kier molecular flexibility index (Phi) is 11.1. The van der Waals surface area contributed by atoms with E-state index in [1.807, 2.05) is 42.6 Å². The summed E-state index contributed by atoms with van der Waals surface area (Å²) in [6, 6.07) is 15.0. The number of benzene rings is 3. The summed E-state index contributed by atoms with van der Waals surface area (Å²) in [5.74, 6) is -2.14.